The number of benzene rings is 1. The Labute approximate surface area is 107 Å². The number of aromatic hydroxyl groups is 1. The van der Waals surface area contributed by atoms with Crippen molar-refractivity contribution in [3.8, 4) is 5.75 Å². The van der Waals surface area contributed by atoms with Crippen molar-refractivity contribution < 1.29 is 13.5 Å². The first-order chi connectivity index (χ1) is 8.40. The van der Waals surface area contributed by atoms with E-state index in [0.717, 1.165) is 30.4 Å². The summed E-state index contributed by atoms with van der Waals surface area (Å²) < 4.78 is 27.5. The van der Waals surface area contributed by atoms with Gasteiger partial charge in [-0.25, -0.2) is 0 Å². The fraction of sp³-hybridized carbons (Fsp3) is 0.417. The van der Waals surface area contributed by atoms with Crippen molar-refractivity contribution in [3.63, 3.8) is 0 Å². The summed E-state index contributed by atoms with van der Waals surface area (Å²) in [6.45, 7) is 0. The van der Waals surface area contributed by atoms with Gasteiger partial charge >= 0.3 is 0 Å². The van der Waals surface area contributed by atoms with Gasteiger partial charge in [0.15, 0.2) is 0 Å². The molecule has 1 aromatic carbocycles. The van der Waals surface area contributed by atoms with E-state index in [-0.39, 0.29) is 10.6 Å². The summed E-state index contributed by atoms with van der Waals surface area (Å²) in [5.74, 6) is -0.216. The molecule has 0 spiro atoms. The molecule has 0 heterocycles. The van der Waals surface area contributed by atoms with Crippen LogP contribution in [0.25, 0.3) is 0 Å². The lowest BCUT2D eigenvalue weighted by atomic mass is 10.1. The summed E-state index contributed by atoms with van der Waals surface area (Å²) in [6.07, 6.45) is 3.96. The Morgan fingerprint density at radius 3 is 2.50 bits per heavy atom. The largest absolute Gasteiger partial charge is 0.507 e. The van der Waals surface area contributed by atoms with E-state index in [9.17, 15) is 13.5 Å². The number of aryl methyl sites for hydroxylation is 2. The van der Waals surface area contributed by atoms with Gasteiger partial charge < -0.3 is 10.0 Å². The van der Waals surface area contributed by atoms with E-state index >= 15 is 0 Å². The molecule has 0 atom stereocenters. The molecule has 0 fully saturated rings. The SMILES string of the molecule is CN(C)/C=N/S(=O)(=O)c1cc2c(cc1O)CCC2. The van der Waals surface area contributed by atoms with Gasteiger partial charge in [-0.1, -0.05) is 0 Å². The van der Waals surface area contributed by atoms with Crippen molar-refractivity contribution in [1.29, 1.82) is 0 Å². The zero-order chi connectivity index (χ0) is 13.3. The second-order valence-electron chi connectivity index (χ2n) is 4.60. The molecule has 6 heteroatoms. The molecule has 0 saturated carbocycles. The molecule has 0 aliphatic heterocycles. The molecule has 2 rings (SSSR count). The van der Waals surface area contributed by atoms with Gasteiger partial charge in [-0.05, 0) is 42.5 Å². The highest BCUT2D eigenvalue weighted by molar-refractivity contribution is 7.90. The van der Waals surface area contributed by atoms with E-state index in [4.69, 9.17) is 0 Å². The first-order valence-electron chi connectivity index (χ1n) is 5.72. The number of rotatable bonds is 3. The maximum Gasteiger partial charge on any atom is 0.287 e. The zero-order valence-electron chi connectivity index (χ0n) is 10.4. The Hall–Kier alpha value is -1.56. The second kappa shape index (κ2) is 4.61. The van der Waals surface area contributed by atoms with Gasteiger partial charge in [0.1, 0.15) is 17.0 Å². The van der Waals surface area contributed by atoms with Crippen molar-refractivity contribution in [2.24, 2.45) is 4.40 Å². The van der Waals surface area contributed by atoms with Gasteiger partial charge in [0.2, 0.25) is 0 Å². The summed E-state index contributed by atoms with van der Waals surface area (Å²) in [4.78, 5) is 1.42. The van der Waals surface area contributed by atoms with Crippen molar-refractivity contribution in [2.75, 3.05) is 14.1 Å². The third-order valence-corrected chi connectivity index (χ3v) is 4.12. The highest BCUT2D eigenvalue weighted by Gasteiger charge is 2.22. The first kappa shape index (κ1) is 12.9. The Balaban J connectivity index is 2.45. The lowest BCUT2D eigenvalue weighted by molar-refractivity contribution is 0.458. The van der Waals surface area contributed by atoms with Crippen LogP contribution >= 0.6 is 0 Å². The number of nitrogens with zero attached hydrogens (tertiary/aromatic N) is 2. The fourth-order valence-corrected chi connectivity index (χ4v) is 3.05. The zero-order valence-corrected chi connectivity index (χ0v) is 11.2. The van der Waals surface area contributed by atoms with E-state index in [1.165, 1.54) is 11.2 Å². The minimum absolute atomic E-state index is 0.110. The van der Waals surface area contributed by atoms with Crippen LogP contribution in [0.5, 0.6) is 5.75 Å². The predicted molar refractivity (Wildman–Crippen MR) is 69.5 cm³/mol. The quantitative estimate of drug-likeness (QED) is 0.659. The van der Waals surface area contributed by atoms with Gasteiger partial charge in [-0.3, -0.25) is 0 Å². The van der Waals surface area contributed by atoms with Crippen LogP contribution in [0.1, 0.15) is 17.5 Å². The van der Waals surface area contributed by atoms with E-state index in [1.807, 2.05) is 0 Å². The molecule has 1 aliphatic carbocycles. The molecule has 0 amide bonds. The van der Waals surface area contributed by atoms with Crippen LogP contribution in [0, 0.1) is 0 Å². The van der Waals surface area contributed by atoms with E-state index in [1.54, 1.807) is 26.2 Å². The van der Waals surface area contributed by atoms with Gasteiger partial charge in [0.25, 0.3) is 10.0 Å². The summed E-state index contributed by atoms with van der Waals surface area (Å²) >= 11 is 0. The lowest BCUT2D eigenvalue weighted by Gasteiger charge is -2.07. The smallest absolute Gasteiger partial charge is 0.287 e. The van der Waals surface area contributed by atoms with Gasteiger partial charge in [0.05, 0.1) is 0 Å². The molecule has 0 bridgehead atoms. The van der Waals surface area contributed by atoms with Crippen LogP contribution in [0.15, 0.2) is 21.4 Å². The Morgan fingerprint density at radius 1 is 1.28 bits per heavy atom. The van der Waals surface area contributed by atoms with E-state index in [2.05, 4.69) is 4.40 Å². The summed E-state index contributed by atoms with van der Waals surface area (Å²) in [7, 11) is -0.466. The maximum absolute atomic E-state index is 12.0. The van der Waals surface area contributed by atoms with Gasteiger partial charge in [0, 0.05) is 14.1 Å². The monoisotopic (exact) mass is 268 g/mol. The number of hydrogen-bond donors (Lipinski definition) is 1. The summed E-state index contributed by atoms with van der Waals surface area (Å²) in [6, 6.07) is 3.08. The van der Waals surface area contributed by atoms with Crippen LogP contribution < -0.4 is 0 Å². The second-order valence-corrected chi connectivity index (χ2v) is 6.20. The number of sulfonamides is 1. The summed E-state index contributed by atoms with van der Waals surface area (Å²) in [5, 5.41) is 9.81. The molecule has 0 aromatic heterocycles. The Bertz CT molecular complexity index is 592. The molecular weight excluding hydrogens is 252 g/mol. The minimum Gasteiger partial charge on any atom is -0.507 e. The molecule has 18 heavy (non-hydrogen) atoms. The van der Waals surface area contributed by atoms with E-state index < -0.39 is 10.0 Å². The minimum atomic E-state index is -3.83. The van der Waals surface area contributed by atoms with Crippen LogP contribution in [0.2, 0.25) is 0 Å². The average molecular weight is 268 g/mol. The topological polar surface area (TPSA) is 70.0 Å². The molecule has 0 unspecified atom stereocenters. The maximum atomic E-state index is 12.0. The number of phenols is 1. The van der Waals surface area contributed by atoms with Gasteiger partial charge in [-0.15, -0.1) is 4.40 Å². The lowest BCUT2D eigenvalue weighted by Crippen LogP contribution is -2.10. The third kappa shape index (κ3) is 2.48. The molecular formula is C12H16N2O3S. The molecule has 1 aromatic rings. The average Bonchev–Trinajstić information content (AvgIpc) is 2.72. The molecule has 0 radical (unpaired) electrons. The van der Waals surface area contributed by atoms with Crippen molar-refractivity contribution >= 4 is 16.4 Å². The van der Waals surface area contributed by atoms with Crippen LogP contribution in [0.3, 0.4) is 0 Å². The van der Waals surface area contributed by atoms with Crippen molar-refractivity contribution in [2.45, 2.75) is 24.2 Å². The van der Waals surface area contributed by atoms with Crippen LogP contribution in [-0.2, 0) is 22.9 Å². The predicted octanol–water partition coefficient (Wildman–Crippen LogP) is 1.16. The Morgan fingerprint density at radius 2 is 1.89 bits per heavy atom. The standard InChI is InChI=1S/C12H16N2O3S/c1-14(2)8-13-18(16,17)12-7-10-5-3-4-9(10)6-11(12)15/h6-8,15H,3-5H2,1-2H3/b13-8+. The number of fused-ring (bicyclic) bond motifs is 1. The normalized spacial score (nSPS) is 15.0. The third-order valence-electron chi connectivity index (χ3n) is 2.87. The summed E-state index contributed by atoms with van der Waals surface area (Å²) in [5.41, 5.74) is 2.02. The molecule has 1 aliphatic rings. The van der Waals surface area contributed by atoms with Crippen molar-refractivity contribution in [1.82, 2.24) is 4.90 Å². The molecule has 0 saturated heterocycles. The van der Waals surface area contributed by atoms with Gasteiger partial charge in [-0.2, -0.15) is 8.42 Å². The number of phenolic OH excluding ortho intramolecular Hbond substituents is 1. The fourth-order valence-electron chi connectivity index (χ4n) is 2.01. The van der Waals surface area contributed by atoms with Crippen LogP contribution in [0.4, 0.5) is 0 Å². The highest BCUT2D eigenvalue weighted by Crippen LogP contribution is 2.32. The first-order valence-corrected chi connectivity index (χ1v) is 7.16. The molecule has 5 nitrogen and oxygen atoms in total. The number of hydrogen-bond acceptors (Lipinski definition) is 3. The van der Waals surface area contributed by atoms with E-state index in [0.29, 0.717) is 0 Å². The van der Waals surface area contributed by atoms with Crippen LogP contribution in [-0.4, -0.2) is 38.9 Å². The highest BCUT2D eigenvalue weighted by atomic mass is 32.2. The molecule has 98 valence electrons. The van der Waals surface area contributed by atoms with Crippen molar-refractivity contribution in [3.05, 3.63) is 23.3 Å². The molecule has 1 N–H and O–H groups in total. The Kier molecular flexibility index (Phi) is 3.30.